The monoisotopic (exact) mass is 524 g/mol. The average Bonchev–Trinajstić information content (AvgIpc) is 3.65. The fourth-order valence-electron chi connectivity index (χ4n) is 3.95. The van der Waals surface area contributed by atoms with Crippen molar-refractivity contribution >= 4 is 56.7 Å². The van der Waals surface area contributed by atoms with Gasteiger partial charge in [-0.05, 0) is 72.8 Å². The Kier molecular flexibility index (Phi) is 7.95. The van der Waals surface area contributed by atoms with E-state index in [4.69, 9.17) is 0 Å². The summed E-state index contributed by atoms with van der Waals surface area (Å²) in [7, 11) is 0. The molecular weight excluding hydrogens is 497 g/mol. The first-order chi connectivity index (χ1) is 16.3. The Morgan fingerprint density at radius 2 is 0.970 bits per heavy atom. The fourth-order valence-corrected chi connectivity index (χ4v) is 9.12. The maximum Gasteiger partial charge on any atom is 0.0449 e. The number of hydrogen-bond acceptors (Lipinski definition) is 5. The highest BCUT2D eigenvalue weighted by molar-refractivity contribution is 7.29. The van der Waals surface area contributed by atoms with Crippen LogP contribution in [0.25, 0.3) is 39.0 Å². The van der Waals surface area contributed by atoms with Crippen LogP contribution in [0.15, 0.2) is 66.0 Å². The lowest BCUT2D eigenvalue weighted by atomic mass is 10.1. The van der Waals surface area contributed by atoms with Crippen molar-refractivity contribution in [3.63, 3.8) is 0 Å². The molecule has 5 aromatic rings. The average molecular weight is 525 g/mol. The molecule has 33 heavy (non-hydrogen) atoms. The van der Waals surface area contributed by atoms with Crippen LogP contribution in [0.2, 0.25) is 0 Å². The van der Waals surface area contributed by atoms with Crippen LogP contribution in [0, 0.1) is 0 Å². The molecule has 0 N–H and O–H groups in total. The first-order valence-electron chi connectivity index (χ1n) is 11.7. The van der Waals surface area contributed by atoms with Crippen molar-refractivity contribution in [2.75, 3.05) is 0 Å². The van der Waals surface area contributed by atoms with Crippen molar-refractivity contribution < 1.29 is 0 Å². The molecule has 0 saturated carbocycles. The highest BCUT2D eigenvalue weighted by Crippen LogP contribution is 2.44. The van der Waals surface area contributed by atoms with E-state index >= 15 is 0 Å². The van der Waals surface area contributed by atoms with E-state index in [0.29, 0.717) is 0 Å². The zero-order valence-corrected chi connectivity index (χ0v) is 22.9. The van der Waals surface area contributed by atoms with E-state index in [-0.39, 0.29) is 0 Å². The molecule has 5 rings (SSSR count). The minimum absolute atomic E-state index is 1.23. The molecule has 0 spiro atoms. The smallest absolute Gasteiger partial charge is 0.0449 e. The van der Waals surface area contributed by atoms with Crippen molar-refractivity contribution in [1.29, 1.82) is 0 Å². The Bertz CT molecular complexity index is 1260. The van der Waals surface area contributed by atoms with Gasteiger partial charge in [0.1, 0.15) is 0 Å². The molecule has 0 saturated heterocycles. The fraction of sp³-hybridized carbons (Fsp3) is 0.286. The molecule has 0 nitrogen and oxygen atoms in total. The van der Waals surface area contributed by atoms with Gasteiger partial charge in [0, 0.05) is 43.9 Å². The van der Waals surface area contributed by atoms with Gasteiger partial charge in [0.2, 0.25) is 0 Å². The molecule has 0 aliphatic heterocycles. The van der Waals surface area contributed by atoms with Crippen molar-refractivity contribution in [1.82, 2.24) is 0 Å². The predicted octanol–water partition coefficient (Wildman–Crippen LogP) is 11.6. The van der Waals surface area contributed by atoms with Crippen molar-refractivity contribution in [2.24, 2.45) is 0 Å². The Morgan fingerprint density at radius 3 is 1.52 bits per heavy atom. The van der Waals surface area contributed by atoms with Gasteiger partial charge in [0.15, 0.2) is 0 Å². The third kappa shape index (κ3) is 5.77. The summed E-state index contributed by atoms with van der Waals surface area (Å²) in [6.07, 6.45) is 9.44. The summed E-state index contributed by atoms with van der Waals surface area (Å²) in [6, 6.07) is 22.7. The Morgan fingerprint density at radius 1 is 0.485 bits per heavy atom. The van der Waals surface area contributed by atoms with E-state index in [1.54, 1.807) is 0 Å². The van der Waals surface area contributed by atoms with Gasteiger partial charge in [-0.3, -0.25) is 0 Å². The molecule has 170 valence electrons. The highest BCUT2D eigenvalue weighted by atomic mass is 32.1. The molecule has 0 atom stereocenters. The van der Waals surface area contributed by atoms with Gasteiger partial charge < -0.3 is 0 Å². The lowest BCUT2D eigenvalue weighted by Gasteiger charge is -1.99. The van der Waals surface area contributed by atoms with Gasteiger partial charge in [0.05, 0.1) is 0 Å². The summed E-state index contributed by atoms with van der Waals surface area (Å²) >= 11 is 9.53. The molecule has 0 radical (unpaired) electrons. The summed E-state index contributed by atoms with van der Waals surface area (Å²) in [6.45, 7) is 2.28. The molecule has 0 amide bonds. The summed E-state index contributed by atoms with van der Waals surface area (Å²) in [5, 5.41) is 2.15. The molecule has 0 bridgehead atoms. The van der Waals surface area contributed by atoms with Crippen LogP contribution in [0.1, 0.15) is 50.3 Å². The zero-order valence-electron chi connectivity index (χ0n) is 18.8. The zero-order chi connectivity index (χ0) is 22.5. The summed E-state index contributed by atoms with van der Waals surface area (Å²) in [5.74, 6) is 0. The van der Waals surface area contributed by atoms with Crippen LogP contribution in [0.4, 0.5) is 0 Å². The maximum absolute atomic E-state index is 2.34. The van der Waals surface area contributed by atoms with E-state index in [0.717, 1.165) is 0 Å². The second-order valence-electron chi connectivity index (χ2n) is 8.25. The third-order valence-electron chi connectivity index (χ3n) is 5.75. The summed E-state index contributed by atoms with van der Waals surface area (Å²) in [5.41, 5.74) is 0. The molecule has 5 aromatic heterocycles. The largest absolute Gasteiger partial charge is 0.143 e. The molecule has 5 heteroatoms. The first-order valence-corrected chi connectivity index (χ1v) is 15.9. The number of aryl methyl sites for hydroxylation is 1. The summed E-state index contributed by atoms with van der Waals surface area (Å²) < 4.78 is 0. The second-order valence-corrected chi connectivity index (χ2v) is 13.6. The van der Waals surface area contributed by atoms with Crippen LogP contribution < -0.4 is 0 Å². The first kappa shape index (κ1) is 23.3. The second kappa shape index (κ2) is 11.3. The van der Waals surface area contributed by atoms with Crippen molar-refractivity contribution in [3.8, 4) is 39.0 Å². The van der Waals surface area contributed by atoms with E-state index in [2.05, 4.69) is 73.0 Å². The Balaban J connectivity index is 1.22. The molecule has 0 fully saturated rings. The van der Waals surface area contributed by atoms with Gasteiger partial charge in [-0.2, -0.15) is 0 Å². The quantitative estimate of drug-likeness (QED) is 0.151. The highest BCUT2D eigenvalue weighted by Gasteiger charge is 2.12. The summed E-state index contributed by atoms with van der Waals surface area (Å²) in [4.78, 5) is 12.6. The Hall–Kier alpha value is -1.50. The number of thiophene rings is 5. The molecule has 0 aromatic carbocycles. The van der Waals surface area contributed by atoms with E-state index in [1.807, 2.05) is 56.7 Å². The van der Waals surface area contributed by atoms with Gasteiger partial charge in [-0.15, -0.1) is 56.7 Å². The van der Waals surface area contributed by atoms with Gasteiger partial charge >= 0.3 is 0 Å². The molecule has 0 unspecified atom stereocenters. The van der Waals surface area contributed by atoms with Crippen molar-refractivity contribution in [2.45, 2.75) is 51.9 Å². The van der Waals surface area contributed by atoms with E-state index < -0.39 is 0 Å². The maximum atomic E-state index is 2.34. The van der Waals surface area contributed by atoms with Crippen molar-refractivity contribution in [3.05, 3.63) is 70.9 Å². The van der Waals surface area contributed by atoms with Gasteiger partial charge in [0.25, 0.3) is 0 Å². The molecular formula is C28H28S5. The van der Waals surface area contributed by atoms with Crippen LogP contribution in [-0.4, -0.2) is 0 Å². The topological polar surface area (TPSA) is 0 Å². The minimum atomic E-state index is 1.23. The normalized spacial score (nSPS) is 11.4. The molecule has 5 heterocycles. The van der Waals surface area contributed by atoms with E-state index in [9.17, 15) is 0 Å². The standard InChI is InChI=1S/C28H28S5/c1-2-3-4-5-6-7-9-20-11-12-23(30-20)24-15-16-27(32-24)28-18-17-26(33-28)25-14-13-22(31-25)21-10-8-19-29-21/h8,10-19H,2-7,9H2,1H3. The third-order valence-corrected chi connectivity index (χ3v) is 11.8. The van der Waals surface area contributed by atoms with Crippen LogP contribution in [-0.2, 0) is 6.42 Å². The Labute approximate surface area is 217 Å². The minimum Gasteiger partial charge on any atom is -0.143 e. The van der Waals surface area contributed by atoms with Crippen LogP contribution >= 0.6 is 56.7 Å². The number of unbranched alkanes of at least 4 members (excludes halogenated alkanes) is 5. The van der Waals surface area contributed by atoms with Crippen LogP contribution in [0.5, 0.6) is 0 Å². The van der Waals surface area contributed by atoms with Gasteiger partial charge in [-0.1, -0.05) is 45.1 Å². The predicted molar refractivity (Wildman–Crippen MR) is 155 cm³/mol. The van der Waals surface area contributed by atoms with Gasteiger partial charge in [-0.25, -0.2) is 0 Å². The molecule has 0 aliphatic carbocycles. The molecule has 0 aliphatic rings. The SMILES string of the molecule is CCCCCCCCc1ccc(-c2ccc(-c3ccc(-c4ccc(-c5cccs5)s4)s3)s2)s1. The number of rotatable bonds is 11. The lowest BCUT2D eigenvalue weighted by Crippen LogP contribution is -1.82. The lowest BCUT2D eigenvalue weighted by molar-refractivity contribution is 0.609. The van der Waals surface area contributed by atoms with E-state index in [1.165, 1.54) is 88.8 Å². The van der Waals surface area contributed by atoms with Crippen LogP contribution in [0.3, 0.4) is 0 Å². The number of hydrogen-bond donors (Lipinski definition) is 0.